The first-order valence-electron chi connectivity index (χ1n) is 6.86. The molecule has 1 aliphatic carbocycles. The van der Waals surface area contributed by atoms with Crippen molar-refractivity contribution in [2.75, 3.05) is 0 Å². The van der Waals surface area contributed by atoms with E-state index < -0.39 is 0 Å². The third-order valence-electron chi connectivity index (χ3n) is 3.96. The van der Waals surface area contributed by atoms with Crippen molar-refractivity contribution in [1.29, 1.82) is 0 Å². The number of hydrogen-bond acceptors (Lipinski definition) is 1. The summed E-state index contributed by atoms with van der Waals surface area (Å²) in [7, 11) is 0. The third kappa shape index (κ3) is 3.79. The molecule has 1 unspecified atom stereocenters. The lowest BCUT2D eigenvalue weighted by Crippen LogP contribution is -2.32. The molecule has 0 aromatic heterocycles. The van der Waals surface area contributed by atoms with E-state index in [4.69, 9.17) is 5.73 Å². The van der Waals surface area contributed by atoms with Crippen molar-refractivity contribution in [3.05, 3.63) is 34.1 Å². The zero-order valence-corrected chi connectivity index (χ0v) is 12.3. The Balaban J connectivity index is 1.96. The molecule has 0 saturated heterocycles. The highest BCUT2D eigenvalue weighted by molar-refractivity contribution is 9.10. The Bertz CT molecular complexity index is 386. The molecule has 100 valence electrons. The number of benzene rings is 1. The monoisotopic (exact) mass is 313 g/mol. The van der Waals surface area contributed by atoms with Gasteiger partial charge in [0.25, 0.3) is 0 Å². The second-order valence-electron chi connectivity index (χ2n) is 5.37. The van der Waals surface area contributed by atoms with Crippen LogP contribution in [0.2, 0.25) is 0 Å². The lowest BCUT2D eigenvalue weighted by molar-refractivity contribution is 0.372. The van der Waals surface area contributed by atoms with Gasteiger partial charge in [0, 0.05) is 6.04 Å². The molecule has 2 N–H and O–H groups in total. The molecule has 1 aromatic carbocycles. The highest BCUT2D eigenvalue weighted by Gasteiger charge is 2.19. The van der Waals surface area contributed by atoms with Crippen molar-refractivity contribution in [3.63, 3.8) is 0 Å². The molecule has 0 aliphatic heterocycles. The first kappa shape index (κ1) is 14.0. The van der Waals surface area contributed by atoms with E-state index in [0.717, 1.165) is 12.0 Å². The van der Waals surface area contributed by atoms with Gasteiger partial charge in [0.15, 0.2) is 0 Å². The van der Waals surface area contributed by atoms with Crippen LogP contribution in [0.5, 0.6) is 0 Å². The molecule has 0 heterocycles. The molecule has 1 aliphatic rings. The summed E-state index contributed by atoms with van der Waals surface area (Å²) >= 11 is 3.23. The van der Waals surface area contributed by atoms with Gasteiger partial charge in [-0.25, -0.2) is 4.39 Å². The van der Waals surface area contributed by atoms with Crippen LogP contribution in [-0.4, -0.2) is 6.04 Å². The average molecular weight is 314 g/mol. The Hall–Kier alpha value is -0.410. The van der Waals surface area contributed by atoms with Crippen LogP contribution in [0.3, 0.4) is 0 Å². The van der Waals surface area contributed by atoms with E-state index in [1.807, 2.05) is 12.1 Å². The normalized spacial score (nSPS) is 19.5. The zero-order chi connectivity index (χ0) is 13.0. The standard InChI is InChI=1S/C15H21BrFN/c16-13-9-11(7-8-14(13)17)10-15(18)12-5-3-1-2-4-6-12/h7-9,12,15H,1-6,10,18H2. The van der Waals surface area contributed by atoms with Gasteiger partial charge in [-0.3, -0.25) is 0 Å². The largest absolute Gasteiger partial charge is 0.327 e. The molecule has 1 aromatic rings. The van der Waals surface area contributed by atoms with Crippen LogP contribution < -0.4 is 5.73 Å². The second-order valence-corrected chi connectivity index (χ2v) is 6.22. The van der Waals surface area contributed by atoms with Gasteiger partial charge in [0.1, 0.15) is 5.82 Å². The molecule has 0 radical (unpaired) electrons. The van der Waals surface area contributed by atoms with Gasteiger partial charge in [-0.2, -0.15) is 0 Å². The van der Waals surface area contributed by atoms with Crippen molar-refractivity contribution >= 4 is 15.9 Å². The predicted molar refractivity (Wildman–Crippen MR) is 77.0 cm³/mol. The minimum atomic E-state index is -0.207. The fourth-order valence-electron chi connectivity index (χ4n) is 2.84. The van der Waals surface area contributed by atoms with Crippen LogP contribution in [0, 0.1) is 11.7 Å². The van der Waals surface area contributed by atoms with Crippen molar-refractivity contribution < 1.29 is 4.39 Å². The summed E-state index contributed by atoms with van der Waals surface area (Å²) in [5.41, 5.74) is 7.45. The summed E-state index contributed by atoms with van der Waals surface area (Å²) in [6.45, 7) is 0. The maximum Gasteiger partial charge on any atom is 0.137 e. The van der Waals surface area contributed by atoms with E-state index >= 15 is 0 Å². The van der Waals surface area contributed by atoms with Gasteiger partial charge in [0.2, 0.25) is 0 Å². The molecule has 18 heavy (non-hydrogen) atoms. The smallest absolute Gasteiger partial charge is 0.137 e. The van der Waals surface area contributed by atoms with E-state index in [1.54, 1.807) is 0 Å². The summed E-state index contributed by atoms with van der Waals surface area (Å²) in [6, 6.07) is 5.42. The van der Waals surface area contributed by atoms with Gasteiger partial charge in [0.05, 0.1) is 4.47 Å². The minimum Gasteiger partial charge on any atom is -0.327 e. The van der Waals surface area contributed by atoms with Gasteiger partial charge < -0.3 is 5.73 Å². The molecule has 0 spiro atoms. The molecule has 3 heteroatoms. The Morgan fingerprint density at radius 3 is 2.50 bits per heavy atom. The van der Waals surface area contributed by atoms with Crippen LogP contribution in [0.1, 0.15) is 44.1 Å². The summed E-state index contributed by atoms with van der Waals surface area (Å²) in [5, 5.41) is 0. The fraction of sp³-hybridized carbons (Fsp3) is 0.600. The fourth-order valence-corrected chi connectivity index (χ4v) is 3.27. The second kappa shape index (κ2) is 6.67. The Kier molecular flexibility index (Phi) is 5.19. The van der Waals surface area contributed by atoms with Crippen LogP contribution in [0.4, 0.5) is 4.39 Å². The van der Waals surface area contributed by atoms with Crippen LogP contribution in [0.15, 0.2) is 22.7 Å². The van der Waals surface area contributed by atoms with Crippen molar-refractivity contribution in [2.24, 2.45) is 11.7 Å². The van der Waals surface area contributed by atoms with Gasteiger partial charge >= 0.3 is 0 Å². The van der Waals surface area contributed by atoms with E-state index in [1.165, 1.54) is 44.6 Å². The van der Waals surface area contributed by atoms with Crippen LogP contribution >= 0.6 is 15.9 Å². The van der Waals surface area contributed by atoms with Crippen molar-refractivity contribution in [3.8, 4) is 0 Å². The molecule has 1 saturated carbocycles. The van der Waals surface area contributed by atoms with Gasteiger partial charge in [-0.15, -0.1) is 0 Å². The summed E-state index contributed by atoms with van der Waals surface area (Å²) in [5.74, 6) is 0.429. The quantitative estimate of drug-likeness (QED) is 0.821. The molecule has 0 bridgehead atoms. The minimum absolute atomic E-state index is 0.207. The molecular formula is C15H21BrFN. The van der Waals surface area contributed by atoms with Crippen LogP contribution in [-0.2, 0) is 6.42 Å². The van der Waals surface area contributed by atoms with Gasteiger partial charge in [-0.1, -0.05) is 31.7 Å². The maximum absolute atomic E-state index is 13.2. The van der Waals surface area contributed by atoms with Crippen molar-refractivity contribution in [1.82, 2.24) is 0 Å². The summed E-state index contributed by atoms with van der Waals surface area (Å²) < 4.78 is 13.7. The Morgan fingerprint density at radius 1 is 1.22 bits per heavy atom. The average Bonchev–Trinajstić information content (AvgIpc) is 2.62. The Labute approximate surface area is 117 Å². The third-order valence-corrected chi connectivity index (χ3v) is 4.57. The van der Waals surface area contributed by atoms with E-state index in [9.17, 15) is 4.39 Å². The Morgan fingerprint density at radius 2 is 1.89 bits per heavy atom. The lowest BCUT2D eigenvalue weighted by Gasteiger charge is -2.22. The number of nitrogens with two attached hydrogens (primary N) is 1. The molecule has 1 fully saturated rings. The molecule has 1 nitrogen and oxygen atoms in total. The predicted octanol–water partition coefficient (Wildman–Crippen LogP) is 4.43. The first-order chi connectivity index (χ1) is 8.66. The zero-order valence-electron chi connectivity index (χ0n) is 10.7. The summed E-state index contributed by atoms with van der Waals surface area (Å²) in [6.07, 6.45) is 8.68. The molecule has 1 atom stereocenters. The van der Waals surface area contributed by atoms with Crippen LogP contribution in [0.25, 0.3) is 0 Å². The van der Waals surface area contributed by atoms with Gasteiger partial charge in [-0.05, 0) is 58.8 Å². The topological polar surface area (TPSA) is 26.0 Å². The highest BCUT2D eigenvalue weighted by Crippen LogP contribution is 2.27. The van der Waals surface area contributed by atoms with E-state index in [0.29, 0.717) is 10.4 Å². The maximum atomic E-state index is 13.2. The molecular weight excluding hydrogens is 293 g/mol. The number of rotatable bonds is 3. The summed E-state index contributed by atoms with van der Waals surface area (Å²) in [4.78, 5) is 0. The van der Waals surface area contributed by atoms with E-state index in [-0.39, 0.29) is 11.9 Å². The number of halogens is 2. The first-order valence-corrected chi connectivity index (χ1v) is 7.65. The molecule has 2 rings (SSSR count). The highest BCUT2D eigenvalue weighted by atomic mass is 79.9. The molecule has 0 amide bonds. The lowest BCUT2D eigenvalue weighted by atomic mass is 9.88. The van der Waals surface area contributed by atoms with E-state index in [2.05, 4.69) is 15.9 Å². The SMILES string of the molecule is NC(Cc1ccc(F)c(Br)c1)C1CCCCCC1. The number of hydrogen-bond donors (Lipinski definition) is 1. The van der Waals surface area contributed by atoms with Crippen molar-refractivity contribution in [2.45, 2.75) is 51.0 Å².